The van der Waals surface area contributed by atoms with E-state index in [-0.39, 0.29) is 11.8 Å². The molecule has 1 heterocycles. The Kier molecular flexibility index (Phi) is 6.29. The summed E-state index contributed by atoms with van der Waals surface area (Å²) in [6.07, 6.45) is 3.23. The molecule has 3 rings (SSSR count). The monoisotopic (exact) mass is 386 g/mol. The van der Waals surface area contributed by atoms with Gasteiger partial charge in [-0.15, -0.1) is 0 Å². The van der Waals surface area contributed by atoms with Crippen LogP contribution >= 0.6 is 0 Å². The number of nitrogens with zero attached hydrogens (tertiary/aromatic N) is 1. The average molecular weight is 387 g/mol. The van der Waals surface area contributed by atoms with Gasteiger partial charge in [0.05, 0.1) is 6.26 Å². The topological polar surface area (TPSA) is 66.5 Å². The lowest BCUT2D eigenvalue weighted by atomic mass is 9.88. The Hall–Kier alpha value is -2.18. The summed E-state index contributed by atoms with van der Waals surface area (Å²) >= 11 is 0. The molecular weight excluding hydrogens is 360 g/mol. The van der Waals surface area contributed by atoms with Crippen molar-refractivity contribution in [1.29, 1.82) is 0 Å². The zero-order chi connectivity index (χ0) is 19.3. The predicted octanol–water partition coefficient (Wildman–Crippen LogP) is 2.75. The smallest absolute Gasteiger partial charge is 0.238 e. The standard InChI is InChI=1S/C21H26N2O3S/c1-27(25,26)23-16-8-13-20(23)21(24)22-15-14-19(17-9-4-2-5-10-17)18-11-6-3-7-12-18/h2-7,9-12,19-20H,8,13-16H2,1H3,(H,22,24). The summed E-state index contributed by atoms with van der Waals surface area (Å²) in [5, 5.41) is 2.95. The van der Waals surface area contributed by atoms with Crippen LogP contribution in [0.5, 0.6) is 0 Å². The number of benzene rings is 2. The zero-order valence-electron chi connectivity index (χ0n) is 15.5. The van der Waals surface area contributed by atoms with E-state index in [2.05, 4.69) is 29.6 Å². The average Bonchev–Trinajstić information content (AvgIpc) is 3.17. The zero-order valence-corrected chi connectivity index (χ0v) is 16.4. The van der Waals surface area contributed by atoms with Crippen LogP contribution in [0.3, 0.4) is 0 Å². The molecule has 1 N–H and O–H groups in total. The van der Waals surface area contributed by atoms with Crippen LogP contribution in [-0.2, 0) is 14.8 Å². The second kappa shape index (κ2) is 8.67. The minimum Gasteiger partial charge on any atom is -0.355 e. The predicted molar refractivity (Wildman–Crippen MR) is 107 cm³/mol. The number of rotatable bonds is 7. The quantitative estimate of drug-likeness (QED) is 0.796. The minimum atomic E-state index is -3.35. The van der Waals surface area contributed by atoms with E-state index >= 15 is 0 Å². The van der Waals surface area contributed by atoms with Crippen LogP contribution in [0.4, 0.5) is 0 Å². The highest BCUT2D eigenvalue weighted by Gasteiger charge is 2.36. The maximum absolute atomic E-state index is 12.5. The third-order valence-electron chi connectivity index (χ3n) is 5.07. The van der Waals surface area contributed by atoms with Crippen LogP contribution in [0.25, 0.3) is 0 Å². The van der Waals surface area contributed by atoms with Crippen molar-refractivity contribution in [3.8, 4) is 0 Å². The van der Waals surface area contributed by atoms with Crippen molar-refractivity contribution in [2.75, 3.05) is 19.3 Å². The molecular formula is C21H26N2O3S. The second-order valence-corrected chi connectivity index (χ2v) is 8.92. The van der Waals surface area contributed by atoms with Crippen molar-refractivity contribution < 1.29 is 13.2 Å². The molecule has 1 aliphatic rings. The van der Waals surface area contributed by atoms with E-state index in [4.69, 9.17) is 0 Å². The van der Waals surface area contributed by atoms with Crippen molar-refractivity contribution in [2.24, 2.45) is 0 Å². The van der Waals surface area contributed by atoms with Crippen molar-refractivity contribution in [2.45, 2.75) is 31.2 Å². The van der Waals surface area contributed by atoms with Crippen LogP contribution in [-0.4, -0.2) is 44.0 Å². The molecule has 0 aromatic heterocycles. The van der Waals surface area contributed by atoms with Crippen molar-refractivity contribution >= 4 is 15.9 Å². The number of hydrogen-bond acceptors (Lipinski definition) is 3. The molecule has 2 aromatic carbocycles. The van der Waals surface area contributed by atoms with Crippen LogP contribution in [0.1, 0.15) is 36.3 Å². The number of nitrogens with one attached hydrogen (secondary N) is 1. The molecule has 0 bridgehead atoms. The first-order valence-electron chi connectivity index (χ1n) is 9.31. The van der Waals surface area contributed by atoms with E-state index in [0.717, 1.165) is 12.8 Å². The van der Waals surface area contributed by atoms with Crippen LogP contribution < -0.4 is 5.32 Å². The Morgan fingerprint density at radius 3 is 2.15 bits per heavy atom. The van der Waals surface area contributed by atoms with Gasteiger partial charge in [0.15, 0.2) is 0 Å². The van der Waals surface area contributed by atoms with Gasteiger partial charge >= 0.3 is 0 Å². The molecule has 0 radical (unpaired) electrons. The Morgan fingerprint density at radius 2 is 1.63 bits per heavy atom. The van der Waals surface area contributed by atoms with Gasteiger partial charge in [0, 0.05) is 19.0 Å². The fraction of sp³-hybridized carbons (Fsp3) is 0.381. The third-order valence-corrected chi connectivity index (χ3v) is 6.36. The number of sulfonamides is 1. The highest BCUT2D eigenvalue weighted by Crippen LogP contribution is 2.27. The highest BCUT2D eigenvalue weighted by atomic mass is 32.2. The van der Waals surface area contributed by atoms with E-state index in [1.165, 1.54) is 21.7 Å². The Morgan fingerprint density at radius 1 is 1.07 bits per heavy atom. The molecule has 1 atom stereocenters. The van der Waals surface area contributed by atoms with Gasteiger partial charge in [0.1, 0.15) is 6.04 Å². The van der Waals surface area contributed by atoms with Gasteiger partial charge in [-0.1, -0.05) is 60.7 Å². The molecule has 144 valence electrons. The van der Waals surface area contributed by atoms with Gasteiger partial charge < -0.3 is 5.32 Å². The normalized spacial score (nSPS) is 17.9. The number of carbonyl (C=O) groups excluding carboxylic acids is 1. The van der Waals surface area contributed by atoms with E-state index in [1.807, 2.05) is 36.4 Å². The second-order valence-electron chi connectivity index (χ2n) is 6.99. The van der Waals surface area contributed by atoms with Gasteiger partial charge in [-0.3, -0.25) is 4.79 Å². The minimum absolute atomic E-state index is 0.183. The van der Waals surface area contributed by atoms with Gasteiger partial charge in [-0.25, -0.2) is 8.42 Å². The molecule has 1 fully saturated rings. The van der Waals surface area contributed by atoms with Gasteiger partial charge in [-0.2, -0.15) is 4.31 Å². The number of hydrogen-bond donors (Lipinski definition) is 1. The van der Waals surface area contributed by atoms with Crippen LogP contribution in [0, 0.1) is 0 Å². The Bertz CT molecular complexity index is 814. The van der Waals surface area contributed by atoms with Gasteiger partial charge in [0.2, 0.25) is 15.9 Å². The fourth-order valence-corrected chi connectivity index (χ4v) is 4.88. The van der Waals surface area contributed by atoms with Crippen LogP contribution in [0.15, 0.2) is 60.7 Å². The maximum Gasteiger partial charge on any atom is 0.238 e. The summed E-state index contributed by atoms with van der Waals surface area (Å²) in [7, 11) is -3.35. The molecule has 0 spiro atoms. The number of amides is 1. The Balaban J connectivity index is 1.65. The molecule has 1 aliphatic heterocycles. The lowest BCUT2D eigenvalue weighted by molar-refractivity contribution is -0.124. The van der Waals surface area contributed by atoms with Gasteiger partial charge in [-0.05, 0) is 30.4 Å². The lowest BCUT2D eigenvalue weighted by Crippen LogP contribution is -2.45. The fourth-order valence-electron chi connectivity index (χ4n) is 3.75. The first-order chi connectivity index (χ1) is 13.0. The molecule has 6 heteroatoms. The van der Waals surface area contributed by atoms with E-state index in [9.17, 15) is 13.2 Å². The molecule has 5 nitrogen and oxygen atoms in total. The maximum atomic E-state index is 12.5. The van der Waals surface area contributed by atoms with E-state index < -0.39 is 16.1 Å². The Labute approximate surface area is 161 Å². The summed E-state index contributed by atoms with van der Waals surface area (Å²) in [6.45, 7) is 0.926. The van der Waals surface area contributed by atoms with E-state index in [1.54, 1.807) is 0 Å². The largest absolute Gasteiger partial charge is 0.355 e. The molecule has 1 amide bonds. The molecule has 0 saturated carbocycles. The number of carbonyl (C=O) groups is 1. The lowest BCUT2D eigenvalue weighted by Gasteiger charge is -2.22. The molecule has 27 heavy (non-hydrogen) atoms. The first kappa shape index (κ1) is 19.6. The molecule has 1 unspecified atom stereocenters. The van der Waals surface area contributed by atoms with Crippen molar-refractivity contribution in [3.05, 3.63) is 71.8 Å². The highest BCUT2D eigenvalue weighted by molar-refractivity contribution is 7.88. The summed E-state index contributed by atoms with van der Waals surface area (Å²) in [5.74, 6) is -0.0138. The SMILES string of the molecule is CS(=O)(=O)N1CCCC1C(=O)NCCC(c1ccccc1)c1ccccc1. The van der Waals surface area contributed by atoms with Crippen LogP contribution in [0.2, 0.25) is 0 Å². The molecule has 2 aromatic rings. The first-order valence-corrected chi connectivity index (χ1v) is 11.2. The van der Waals surface area contributed by atoms with Gasteiger partial charge in [0.25, 0.3) is 0 Å². The van der Waals surface area contributed by atoms with E-state index in [0.29, 0.717) is 19.5 Å². The molecule has 1 saturated heterocycles. The van der Waals surface area contributed by atoms with Crippen molar-refractivity contribution in [1.82, 2.24) is 9.62 Å². The summed E-state index contributed by atoms with van der Waals surface area (Å²) < 4.78 is 25.0. The summed E-state index contributed by atoms with van der Waals surface area (Å²) in [4.78, 5) is 12.5. The molecule has 0 aliphatic carbocycles. The van der Waals surface area contributed by atoms with Crippen molar-refractivity contribution in [3.63, 3.8) is 0 Å². The summed E-state index contributed by atoms with van der Waals surface area (Å²) in [5.41, 5.74) is 2.41. The summed E-state index contributed by atoms with van der Waals surface area (Å²) in [6, 6.07) is 19.9. The third kappa shape index (κ3) is 4.96.